The molecule has 0 N–H and O–H groups in total. The van der Waals surface area contributed by atoms with Crippen LogP contribution in [-0.4, -0.2) is 47.9 Å². The maximum absolute atomic E-state index is 11.4. The maximum Gasteiger partial charge on any atom is 0.264 e. The van der Waals surface area contributed by atoms with E-state index in [1.54, 1.807) is 14.2 Å². The van der Waals surface area contributed by atoms with E-state index < -0.39 is 10.1 Å². The summed E-state index contributed by atoms with van der Waals surface area (Å²) in [5.41, 5.74) is 1.05. The van der Waals surface area contributed by atoms with Gasteiger partial charge in [-0.3, -0.25) is 4.18 Å². The first-order valence-corrected chi connectivity index (χ1v) is 9.37. The third-order valence-corrected chi connectivity index (χ3v) is 4.59. The van der Waals surface area contributed by atoms with Crippen molar-refractivity contribution in [3.8, 4) is 5.75 Å². The van der Waals surface area contributed by atoms with Crippen molar-refractivity contribution in [1.29, 1.82) is 0 Å². The maximum atomic E-state index is 11.4. The zero-order valence-electron chi connectivity index (χ0n) is 13.7. The average Bonchev–Trinajstić information content (AvgIpc) is 2.52. The van der Waals surface area contributed by atoms with E-state index in [0.717, 1.165) is 17.6 Å². The highest BCUT2D eigenvalue weighted by Crippen LogP contribution is 2.37. The summed E-state index contributed by atoms with van der Waals surface area (Å²) >= 11 is 0. The molecule has 0 unspecified atom stereocenters. The minimum Gasteiger partial charge on any atom is -0.497 e. The van der Waals surface area contributed by atoms with Gasteiger partial charge in [-0.15, -0.1) is 0 Å². The predicted molar refractivity (Wildman–Crippen MR) is 86.1 cm³/mol. The van der Waals surface area contributed by atoms with E-state index in [-0.39, 0.29) is 24.9 Å². The first kappa shape index (κ1) is 18.2. The Morgan fingerprint density at radius 3 is 2.65 bits per heavy atom. The fourth-order valence-corrected chi connectivity index (χ4v) is 3.69. The highest BCUT2D eigenvalue weighted by atomic mass is 32.2. The molecule has 1 aromatic rings. The van der Waals surface area contributed by atoms with Gasteiger partial charge in [0.1, 0.15) is 12.5 Å². The van der Waals surface area contributed by atoms with Crippen LogP contribution in [0.4, 0.5) is 0 Å². The molecule has 2 rings (SSSR count). The van der Waals surface area contributed by atoms with Gasteiger partial charge in [0.25, 0.3) is 10.1 Å². The standard InChI is InChI=1S/C16H24O6S/c1-19-11-21-16-8-7-14(22-23(3,17)18)10-15(16)12-5-4-6-13(9-12)20-2/h4-6,9,14-16H,7-8,10-11H2,1-3H3/t14-,15-,16+/m0/s1. The quantitative estimate of drug-likeness (QED) is 0.558. The van der Waals surface area contributed by atoms with Crippen LogP contribution in [0.1, 0.15) is 30.7 Å². The molecule has 1 aromatic carbocycles. The SMILES string of the molecule is COCO[C@@H]1CC[C@H](OS(C)(=O)=O)C[C@H]1c1cccc(OC)c1. The molecule has 0 bridgehead atoms. The molecule has 1 fully saturated rings. The molecule has 23 heavy (non-hydrogen) atoms. The molecule has 6 nitrogen and oxygen atoms in total. The summed E-state index contributed by atoms with van der Waals surface area (Å²) in [7, 11) is -0.265. The van der Waals surface area contributed by atoms with E-state index in [0.29, 0.717) is 19.3 Å². The Morgan fingerprint density at radius 2 is 2.00 bits per heavy atom. The Bertz CT molecular complexity index is 600. The fraction of sp³-hybridized carbons (Fsp3) is 0.625. The molecule has 0 aromatic heterocycles. The molecule has 0 spiro atoms. The summed E-state index contributed by atoms with van der Waals surface area (Å²) in [6.45, 7) is 0.211. The number of rotatable bonds is 7. The predicted octanol–water partition coefficient (Wildman–Crippen LogP) is 2.30. The third-order valence-electron chi connectivity index (χ3n) is 3.97. The molecule has 3 atom stereocenters. The first-order valence-electron chi connectivity index (χ1n) is 7.55. The van der Waals surface area contributed by atoms with Crippen molar-refractivity contribution in [2.45, 2.75) is 37.4 Å². The van der Waals surface area contributed by atoms with Crippen molar-refractivity contribution in [1.82, 2.24) is 0 Å². The van der Waals surface area contributed by atoms with Gasteiger partial charge >= 0.3 is 0 Å². The first-order chi connectivity index (χ1) is 10.9. The highest BCUT2D eigenvalue weighted by molar-refractivity contribution is 7.86. The minimum atomic E-state index is -3.47. The van der Waals surface area contributed by atoms with E-state index in [4.69, 9.17) is 18.4 Å². The van der Waals surface area contributed by atoms with E-state index in [9.17, 15) is 8.42 Å². The Morgan fingerprint density at radius 1 is 1.22 bits per heavy atom. The van der Waals surface area contributed by atoms with Gasteiger partial charge in [-0.2, -0.15) is 8.42 Å². The van der Waals surface area contributed by atoms with Gasteiger partial charge in [-0.05, 0) is 37.0 Å². The molecule has 130 valence electrons. The summed E-state index contributed by atoms with van der Waals surface area (Å²) in [5.74, 6) is 0.792. The van der Waals surface area contributed by atoms with Crippen LogP contribution in [0.2, 0.25) is 0 Å². The Balaban J connectivity index is 2.19. The summed E-state index contributed by atoms with van der Waals surface area (Å²) in [6, 6.07) is 7.75. The molecular formula is C16H24O6S. The lowest BCUT2D eigenvalue weighted by atomic mass is 9.80. The number of hydrogen-bond donors (Lipinski definition) is 0. The lowest BCUT2D eigenvalue weighted by Crippen LogP contribution is -2.35. The average molecular weight is 344 g/mol. The van der Waals surface area contributed by atoms with Crippen LogP contribution in [0.5, 0.6) is 5.75 Å². The van der Waals surface area contributed by atoms with Crippen molar-refractivity contribution in [2.24, 2.45) is 0 Å². The van der Waals surface area contributed by atoms with Gasteiger partial charge in [-0.1, -0.05) is 12.1 Å². The lowest BCUT2D eigenvalue weighted by molar-refractivity contribution is -0.0977. The van der Waals surface area contributed by atoms with Crippen LogP contribution >= 0.6 is 0 Å². The van der Waals surface area contributed by atoms with Crippen LogP contribution in [0, 0.1) is 0 Å². The number of hydrogen-bond acceptors (Lipinski definition) is 6. The van der Waals surface area contributed by atoms with E-state index in [2.05, 4.69) is 0 Å². The molecular weight excluding hydrogens is 320 g/mol. The molecule has 1 saturated carbocycles. The molecule has 0 heterocycles. The molecule has 0 amide bonds. The monoisotopic (exact) mass is 344 g/mol. The molecule has 0 aliphatic heterocycles. The summed E-state index contributed by atoms with van der Waals surface area (Å²) in [5, 5.41) is 0. The van der Waals surface area contributed by atoms with Crippen molar-refractivity contribution >= 4 is 10.1 Å². The molecule has 0 saturated heterocycles. The normalized spacial score (nSPS) is 25.3. The van der Waals surface area contributed by atoms with Crippen LogP contribution in [0.25, 0.3) is 0 Å². The number of methoxy groups -OCH3 is 2. The molecule has 0 radical (unpaired) electrons. The van der Waals surface area contributed by atoms with Crippen LogP contribution in [0.3, 0.4) is 0 Å². The minimum absolute atomic E-state index is 0.0285. The van der Waals surface area contributed by atoms with Crippen LogP contribution in [0.15, 0.2) is 24.3 Å². The Kier molecular flexibility index (Phi) is 6.41. The van der Waals surface area contributed by atoms with Gasteiger partial charge in [0, 0.05) is 13.0 Å². The second-order valence-corrected chi connectivity index (χ2v) is 7.33. The third kappa shape index (κ3) is 5.46. The smallest absolute Gasteiger partial charge is 0.264 e. The zero-order chi connectivity index (χ0) is 16.9. The largest absolute Gasteiger partial charge is 0.497 e. The van der Waals surface area contributed by atoms with E-state index >= 15 is 0 Å². The van der Waals surface area contributed by atoms with Crippen molar-refractivity contribution in [2.75, 3.05) is 27.3 Å². The van der Waals surface area contributed by atoms with E-state index in [1.165, 1.54) is 0 Å². The summed E-state index contributed by atoms with van der Waals surface area (Å²) in [6.07, 6.45) is 2.65. The van der Waals surface area contributed by atoms with Gasteiger partial charge < -0.3 is 14.2 Å². The molecule has 1 aliphatic rings. The number of ether oxygens (including phenoxy) is 3. The van der Waals surface area contributed by atoms with Crippen molar-refractivity contribution in [3.05, 3.63) is 29.8 Å². The zero-order valence-corrected chi connectivity index (χ0v) is 14.5. The molecule has 7 heteroatoms. The summed E-state index contributed by atoms with van der Waals surface area (Å²) in [4.78, 5) is 0. The van der Waals surface area contributed by atoms with Crippen molar-refractivity contribution in [3.63, 3.8) is 0 Å². The van der Waals surface area contributed by atoms with Crippen molar-refractivity contribution < 1.29 is 26.8 Å². The fourth-order valence-electron chi connectivity index (χ4n) is 3.02. The number of benzene rings is 1. The van der Waals surface area contributed by atoms with Gasteiger partial charge in [0.05, 0.1) is 25.6 Å². The van der Waals surface area contributed by atoms with Crippen LogP contribution in [-0.2, 0) is 23.8 Å². The molecule has 1 aliphatic carbocycles. The van der Waals surface area contributed by atoms with Gasteiger partial charge in [0.15, 0.2) is 0 Å². The summed E-state index contributed by atoms with van der Waals surface area (Å²) < 4.78 is 44.1. The lowest BCUT2D eigenvalue weighted by Gasteiger charge is -2.35. The topological polar surface area (TPSA) is 71.1 Å². The van der Waals surface area contributed by atoms with E-state index in [1.807, 2.05) is 24.3 Å². The second kappa shape index (κ2) is 8.10. The second-order valence-electron chi connectivity index (χ2n) is 5.73. The Labute approximate surface area is 137 Å². The highest BCUT2D eigenvalue weighted by Gasteiger charge is 2.34. The van der Waals surface area contributed by atoms with Gasteiger partial charge in [-0.25, -0.2) is 0 Å². The van der Waals surface area contributed by atoms with Crippen LogP contribution < -0.4 is 4.74 Å². The van der Waals surface area contributed by atoms with Gasteiger partial charge in [0.2, 0.25) is 0 Å². The Hall–Kier alpha value is -1.15.